The molecule has 0 aliphatic carbocycles. The van der Waals surface area contributed by atoms with Gasteiger partial charge in [-0.25, -0.2) is 0 Å². The summed E-state index contributed by atoms with van der Waals surface area (Å²) >= 11 is 0. The second-order valence-electron chi connectivity index (χ2n) is 4.45. The summed E-state index contributed by atoms with van der Waals surface area (Å²) in [5, 5.41) is 3.14. The molecule has 1 unspecified atom stereocenters. The van der Waals surface area contributed by atoms with Crippen LogP contribution in [0.2, 0.25) is 0 Å². The van der Waals surface area contributed by atoms with Crippen LogP contribution >= 0.6 is 0 Å². The summed E-state index contributed by atoms with van der Waals surface area (Å²) in [5.74, 6) is 1.99. The van der Waals surface area contributed by atoms with E-state index in [1.54, 1.807) is 6.26 Å². The Morgan fingerprint density at radius 2 is 2.25 bits per heavy atom. The summed E-state index contributed by atoms with van der Waals surface area (Å²) in [5.41, 5.74) is 5.76. The smallest absolute Gasteiger partial charge is 0.188 e. The number of nitrogens with one attached hydrogen (secondary N) is 1. The van der Waals surface area contributed by atoms with Crippen molar-refractivity contribution in [2.45, 2.75) is 33.2 Å². The van der Waals surface area contributed by atoms with Crippen molar-refractivity contribution in [1.29, 1.82) is 0 Å². The van der Waals surface area contributed by atoms with Crippen molar-refractivity contribution >= 4 is 5.96 Å². The van der Waals surface area contributed by atoms with Crippen molar-refractivity contribution in [2.24, 2.45) is 16.6 Å². The van der Waals surface area contributed by atoms with Crippen molar-refractivity contribution in [1.82, 2.24) is 5.32 Å². The predicted octanol–water partition coefficient (Wildman–Crippen LogP) is 1.77. The molecule has 16 heavy (non-hydrogen) atoms. The number of rotatable bonds is 5. The normalized spacial score (nSPS) is 14.1. The minimum absolute atomic E-state index is 0.224. The van der Waals surface area contributed by atoms with Gasteiger partial charge in [0.1, 0.15) is 5.76 Å². The highest BCUT2D eigenvalue weighted by atomic mass is 16.3. The molecule has 0 aliphatic rings. The van der Waals surface area contributed by atoms with Gasteiger partial charge in [0.15, 0.2) is 5.96 Å². The quantitative estimate of drug-likeness (QED) is 0.590. The van der Waals surface area contributed by atoms with E-state index in [4.69, 9.17) is 10.2 Å². The first-order valence-electron chi connectivity index (χ1n) is 5.66. The fraction of sp³-hybridized carbons (Fsp3) is 0.583. The molecule has 0 aromatic carbocycles. The molecule has 1 aromatic rings. The van der Waals surface area contributed by atoms with Gasteiger partial charge in [-0.1, -0.05) is 13.8 Å². The lowest BCUT2D eigenvalue weighted by Crippen LogP contribution is -2.39. The number of guanidine groups is 1. The number of furan rings is 1. The summed E-state index contributed by atoms with van der Waals surface area (Å²) in [6, 6.07) is 4.07. The minimum Gasteiger partial charge on any atom is -0.469 e. The number of hydrogen-bond acceptors (Lipinski definition) is 2. The van der Waals surface area contributed by atoms with Gasteiger partial charge in [0, 0.05) is 19.0 Å². The molecule has 0 saturated carbocycles. The molecule has 0 spiro atoms. The zero-order valence-electron chi connectivity index (χ0n) is 10.2. The second kappa shape index (κ2) is 6.20. The van der Waals surface area contributed by atoms with E-state index < -0.39 is 0 Å². The van der Waals surface area contributed by atoms with Crippen LogP contribution in [-0.2, 0) is 6.42 Å². The van der Waals surface area contributed by atoms with Crippen LogP contribution in [0.3, 0.4) is 0 Å². The van der Waals surface area contributed by atoms with Crippen molar-refractivity contribution in [3.05, 3.63) is 24.2 Å². The van der Waals surface area contributed by atoms with Crippen LogP contribution in [0.5, 0.6) is 0 Å². The lowest BCUT2D eigenvalue weighted by molar-refractivity contribution is 0.481. The molecule has 0 bridgehead atoms. The molecule has 4 nitrogen and oxygen atoms in total. The van der Waals surface area contributed by atoms with Crippen molar-refractivity contribution < 1.29 is 4.42 Å². The number of hydrogen-bond donors (Lipinski definition) is 2. The topological polar surface area (TPSA) is 63.5 Å². The van der Waals surface area contributed by atoms with Gasteiger partial charge in [0.25, 0.3) is 0 Å². The maximum atomic E-state index is 5.76. The Bertz CT molecular complexity index is 317. The summed E-state index contributed by atoms with van der Waals surface area (Å²) in [6.07, 6.45) is 2.49. The highest BCUT2D eigenvalue weighted by Gasteiger charge is 2.06. The third-order valence-electron chi connectivity index (χ3n) is 2.11. The maximum Gasteiger partial charge on any atom is 0.188 e. The molecule has 1 atom stereocenters. The van der Waals surface area contributed by atoms with Gasteiger partial charge >= 0.3 is 0 Å². The largest absolute Gasteiger partial charge is 0.469 e. The van der Waals surface area contributed by atoms with Gasteiger partial charge < -0.3 is 15.5 Å². The molecule has 1 heterocycles. The molecular formula is C12H21N3O. The van der Waals surface area contributed by atoms with E-state index in [0.717, 1.165) is 18.7 Å². The highest BCUT2D eigenvalue weighted by molar-refractivity contribution is 5.78. The molecule has 1 aromatic heterocycles. The van der Waals surface area contributed by atoms with Crippen LogP contribution in [0.25, 0.3) is 0 Å². The van der Waals surface area contributed by atoms with Crippen LogP contribution in [-0.4, -0.2) is 18.5 Å². The van der Waals surface area contributed by atoms with Gasteiger partial charge in [-0.05, 0) is 25.0 Å². The molecule has 0 radical (unpaired) electrons. The maximum absolute atomic E-state index is 5.76. The van der Waals surface area contributed by atoms with Crippen LogP contribution in [0.4, 0.5) is 0 Å². The fourth-order valence-electron chi connectivity index (χ4n) is 1.36. The van der Waals surface area contributed by atoms with Crippen molar-refractivity contribution in [3.8, 4) is 0 Å². The summed E-state index contributed by atoms with van der Waals surface area (Å²) in [7, 11) is 0. The fourth-order valence-corrected chi connectivity index (χ4v) is 1.36. The van der Waals surface area contributed by atoms with Gasteiger partial charge in [-0.2, -0.15) is 0 Å². The highest BCUT2D eigenvalue weighted by Crippen LogP contribution is 2.03. The number of aliphatic imine (C=N–C) groups is 1. The lowest BCUT2D eigenvalue weighted by atomic mass is 10.2. The minimum atomic E-state index is 0.224. The molecule has 4 heteroatoms. The van der Waals surface area contributed by atoms with Gasteiger partial charge in [-0.15, -0.1) is 0 Å². The lowest BCUT2D eigenvalue weighted by Gasteiger charge is -2.13. The predicted molar refractivity (Wildman–Crippen MR) is 66.3 cm³/mol. The van der Waals surface area contributed by atoms with Gasteiger partial charge in [-0.3, -0.25) is 4.99 Å². The Hall–Kier alpha value is -1.45. The SMILES string of the molecule is CC(C)CN=C(N)NC(C)Cc1ccco1. The van der Waals surface area contributed by atoms with E-state index in [1.165, 1.54) is 0 Å². The Morgan fingerprint density at radius 3 is 2.81 bits per heavy atom. The number of nitrogens with zero attached hydrogens (tertiary/aromatic N) is 1. The van der Waals surface area contributed by atoms with Crippen molar-refractivity contribution in [2.75, 3.05) is 6.54 Å². The van der Waals surface area contributed by atoms with E-state index in [1.807, 2.05) is 12.1 Å². The molecule has 0 saturated heterocycles. The first-order valence-corrected chi connectivity index (χ1v) is 5.66. The third-order valence-corrected chi connectivity index (χ3v) is 2.11. The van der Waals surface area contributed by atoms with Crippen LogP contribution in [0.1, 0.15) is 26.5 Å². The van der Waals surface area contributed by atoms with Crippen molar-refractivity contribution in [3.63, 3.8) is 0 Å². The molecule has 0 aliphatic heterocycles. The Labute approximate surface area is 96.9 Å². The number of nitrogens with two attached hydrogens (primary N) is 1. The van der Waals surface area contributed by atoms with Gasteiger partial charge in [0.05, 0.1) is 6.26 Å². The van der Waals surface area contributed by atoms with E-state index in [9.17, 15) is 0 Å². The van der Waals surface area contributed by atoms with Crippen LogP contribution < -0.4 is 11.1 Å². The zero-order chi connectivity index (χ0) is 12.0. The molecule has 0 fully saturated rings. The van der Waals surface area contributed by atoms with Crippen LogP contribution in [0, 0.1) is 5.92 Å². The molecule has 0 amide bonds. The average molecular weight is 223 g/mol. The molecular weight excluding hydrogens is 202 g/mol. The zero-order valence-corrected chi connectivity index (χ0v) is 10.2. The monoisotopic (exact) mass is 223 g/mol. The van der Waals surface area contributed by atoms with Gasteiger partial charge in [0.2, 0.25) is 0 Å². The standard InChI is InChI=1S/C12H21N3O/c1-9(2)8-14-12(13)15-10(3)7-11-5-4-6-16-11/h4-6,9-10H,7-8H2,1-3H3,(H3,13,14,15). The average Bonchev–Trinajstić information content (AvgIpc) is 2.67. The first kappa shape index (κ1) is 12.6. The summed E-state index contributed by atoms with van der Waals surface area (Å²) in [6.45, 7) is 7.04. The third kappa shape index (κ3) is 4.87. The van der Waals surface area contributed by atoms with E-state index in [2.05, 4.69) is 31.1 Å². The first-order chi connectivity index (χ1) is 7.58. The molecule has 3 N–H and O–H groups in total. The molecule has 1 rings (SSSR count). The second-order valence-corrected chi connectivity index (χ2v) is 4.45. The van der Waals surface area contributed by atoms with Crippen LogP contribution in [0.15, 0.2) is 27.8 Å². The summed E-state index contributed by atoms with van der Waals surface area (Å²) in [4.78, 5) is 4.25. The van der Waals surface area contributed by atoms with E-state index in [-0.39, 0.29) is 6.04 Å². The Morgan fingerprint density at radius 1 is 1.50 bits per heavy atom. The summed E-state index contributed by atoms with van der Waals surface area (Å²) < 4.78 is 5.26. The van der Waals surface area contributed by atoms with E-state index in [0.29, 0.717) is 11.9 Å². The Kier molecular flexibility index (Phi) is 4.89. The molecule has 90 valence electrons. The Balaban J connectivity index is 2.33. The van der Waals surface area contributed by atoms with E-state index >= 15 is 0 Å².